The van der Waals surface area contributed by atoms with E-state index in [4.69, 9.17) is 4.74 Å². The van der Waals surface area contributed by atoms with E-state index in [-0.39, 0.29) is 0 Å². The third-order valence-electron chi connectivity index (χ3n) is 3.23. The summed E-state index contributed by atoms with van der Waals surface area (Å²) >= 11 is 0. The van der Waals surface area contributed by atoms with E-state index in [1.807, 2.05) is 6.92 Å². The minimum Gasteiger partial charge on any atom is -0.379 e. The molecule has 7 heteroatoms. The van der Waals surface area contributed by atoms with Crippen molar-refractivity contribution in [2.24, 2.45) is 5.92 Å². The van der Waals surface area contributed by atoms with Gasteiger partial charge < -0.3 is 15.4 Å². The number of aromatic nitrogens is 4. The van der Waals surface area contributed by atoms with Gasteiger partial charge in [-0.05, 0) is 25.7 Å². The zero-order chi connectivity index (χ0) is 13.8. The van der Waals surface area contributed by atoms with Crippen LogP contribution in [0.15, 0.2) is 6.20 Å². The number of aromatic amines is 1. The minimum absolute atomic E-state index is 0.602. The molecule has 1 aliphatic carbocycles. The summed E-state index contributed by atoms with van der Waals surface area (Å²) in [5.41, 5.74) is 0.734. The number of ether oxygens (including phenoxy) is 1. The van der Waals surface area contributed by atoms with Gasteiger partial charge in [0.1, 0.15) is 5.82 Å². The predicted octanol–water partition coefficient (Wildman–Crippen LogP) is 1.62. The van der Waals surface area contributed by atoms with Gasteiger partial charge in [0.25, 0.3) is 0 Å². The number of rotatable bonds is 8. The molecule has 3 N–H and O–H groups in total. The first kappa shape index (κ1) is 13.1. The van der Waals surface area contributed by atoms with Gasteiger partial charge in [-0.1, -0.05) is 0 Å². The second-order valence-corrected chi connectivity index (χ2v) is 5.00. The highest BCUT2D eigenvalue weighted by Crippen LogP contribution is 2.28. The van der Waals surface area contributed by atoms with Crippen LogP contribution < -0.4 is 10.6 Å². The molecular formula is C13H20N6O. The Morgan fingerprint density at radius 1 is 1.35 bits per heavy atom. The van der Waals surface area contributed by atoms with E-state index in [0.717, 1.165) is 42.5 Å². The lowest BCUT2D eigenvalue weighted by Crippen LogP contribution is -2.13. The van der Waals surface area contributed by atoms with Crippen LogP contribution >= 0.6 is 0 Å². The summed E-state index contributed by atoms with van der Waals surface area (Å²) < 4.78 is 5.61. The molecule has 2 heterocycles. The quantitative estimate of drug-likeness (QED) is 0.635. The number of fused-ring (bicyclic) bond motifs is 1. The fraction of sp³-hybridized carbons (Fsp3) is 0.615. The highest BCUT2D eigenvalue weighted by atomic mass is 16.5. The van der Waals surface area contributed by atoms with Gasteiger partial charge in [-0.25, -0.2) is 0 Å². The lowest BCUT2D eigenvalue weighted by Gasteiger charge is -2.09. The van der Waals surface area contributed by atoms with E-state index in [0.29, 0.717) is 12.6 Å². The van der Waals surface area contributed by atoms with Crippen LogP contribution in [0.1, 0.15) is 19.8 Å². The Morgan fingerprint density at radius 3 is 3.05 bits per heavy atom. The summed E-state index contributed by atoms with van der Waals surface area (Å²) in [6, 6.07) is 0. The van der Waals surface area contributed by atoms with Gasteiger partial charge >= 0.3 is 0 Å². The van der Waals surface area contributed by atoms with Gasteiger partial charge in [-0.2, -0.15) is 15.1 Å². The van der Waals surface area contributed by atoms with E-state index < -0.39 is 0 Å². The Balaban J connectivity index is 1.60. The third-order valence-corrected chi connectivity index (χ3v) is 3.23. The summed E-state index contributed by atoms with van der Waals surface area (Å²) in [6.45, 7) is 5.10. The molecule has 0 saturated heterocycles. The van der Waals surface area contributed by atoms with E-state index >= 15 is 0 Å². The molecule has 2 aromatic heterocycles. The zero-order valence-corrected chi connectivity index (χ0v) is 11.6. The van der Waals surface area contributed by atoms with E-state index in [1.165, 1.54) is 12.8 Å². The number of H-pyrrole nitrogens is 1. The van der Waals surface area contributed by atoms with E-state index in [2.05, 4.69) is 30.8 Å². The number of hydrogen-bond acceptors (Lipinski definition) is 6. The van der Waals surface area contributed by atoms with Gasteiger partial charge in [0, 0.05) is 19.7 Å². The average molecular weight is 276 g/mol. The minimum atomic E-state index is 0.602. The Bertz CT molecular complexity index is 565. The van der Waals surface area contributed by atoms with Crippen LogP contribution in [0, 0.1) is 5.92 Å². The van der Waals surface area contributed by atoms with Crippen LogP contribution in [0.4, 0.5) is 11.8 Å². The topological polar surface area (TPSA) is 87.8 Å². The summed E-state index contributed by atoms with van der Waals surface area (Å²) in [4.78, 5) is 8.81. The lowest BCUT2D eigenvalue weighted by atomic mass is 10.4. The highest BCUT2D eigenvalue weighted by Gasteiger charge is 2.20. The molecule has 108 valence electrons. The average Bonchev–Trinajstić information content (AvgIpc) is 3.14. The van der Waals surface area contributed by atoms with E-state index in [1.54, 1.807) is 6.20 Å². The zero-order valence-electron chi connectivity index (χ0n) is 11.6. The molecule has 2 aromatic rings. The van der Waals surface area contributed by atoms with Crippen molar-refractivity contribution in [1.29, 1.82) is 0 Å². The Labute approximate surface area is 117 Å². The molecule has 0 unspecified atom stereocenters. The molecule has 0 bridgehead atoms. The molecule has 0 aromatic carbocycles. The second-order valence-electron chi connectivity index (χ2n) is 5.00. The maximum Gasteiger partial charge on any atom is 0.226 e. The van der Waals surface area contributed by atoms with Crippen molar-refractivity contribution in [3.63, 3.8) is 0 Å². The van der Waals surface area contributed by atoms with Gasteiger partial charge in [0.05, 0.1) is 18.2 Å². The van der Waals surface area contributed by atoms with Crippen molar-refractivity contribution >= 4 is 22.8 Å². The molecule has 1 saturated carbocycles. The molecule has 0 atom stereocenters. The van der Waals surface area contributed by atoms with Gasteiger partial charge in [0.2, 0.25) is 5.95 Å². The first-order valence-electron chi connectivity index (χ1n) is 7.13. The monoisotopic (exact) mass is 276 g/mol. The van der Waals surface area contributed by atoms with Crippen molar-refractivity contribution in [1.82, 2.24) is 20.2 Å². The first-order chi connectivity index (χ1) is 9.86. The van der Waals surface area contributed by atoms with Crippen LogP contribution in [0.3, 0.4) is 0 Å². The molecule has 1 fully saturated rings. The summed E-state index contributed by atoms with van der Waals surface area (Å²) in [7, 11) is 0. The van der Waals surface area contributed by atoms with Gasteiger partial charge in [-0.3, -0.25) is 5.10 Å². The van der Waals surface area contributed by atoms with Crippen LogP contribution in [0.5, 0.6) is 0 Å². The fourth-order valence-corrected chi connectivity index (χ4v) is 1.98. The molecule has 20 heavy (non-hydrogen) atoms. The number of nitrogens with one attached hydrogen (secondary N) is 3. The Morgan fingerprint density at radius 2 is 2.25 bits per heavy atom. The van der Waals surface area contributed by atoms with Gasteiger partial charge in [0.15, 0.2) is 5.65 Å². The first-order valence-corrected chi connectivity index (χ1v) is 7.13. The van der Waals surface area contributed by atoms with Gasteiger partial charge in [-0.15, -0.1) is 0 Å². The largest absolute Gasteiger partial charge is 0.379 e. The Hall–Kier alpha value is -1.89. The standard InChI is InChI=1S/C13H20N6O/c1-2-14-13-17-11(10-7-16-19-12(10)18-13)15-5-6-20-8-9-3-4-9/h7,9H,2-6,8H2,1H3,(H3,14,15,16,17,18,19). The van der Waals surface area contributed by atoms with E-state index in [9.17, 15) is 0 Å². The van der Waals surface area contributed by atoms with Crippen LogP contribution in [0.2, 0.25) is 0 Å². The molecule has 0 spiro atoms. The number of hydrogen-bond donors (Lipinski definition) is 3. The van der Waals surface area contributed by atoms with Crippen molar-refractivity contribution < 1.29 is 4.74 Å². The fourth-order valence-electron chi connectivity index (χ4n) is 1.98. The number of anilines is 2. The summed E-state index contributed by atoms with van der Waals surface area (Å²) in [5.74, 6) is 2.19. The molecule has 1 aliphatic rings. The molecule has 7 nitrogen and oxygen atoms in total. The van der Waals surface area contributed by atoms with Crippen LogP contribution in [0.25, 0.3) is 11.0 Å². The second kappa shape index (κ2) is 6.04. The smallest absolute Gasteiger partial charge is 0.226 e. The Kier molecular flexibility index (Phi) is 3.96. The highest BCUT2D eigenvalue weighted by molar-refractivity contribution is 5.86. The predicted molar refractivity (Wildman–Crippen MR) is 77.9 cm³/mol. The van der Waals surface area contributed by atoms with Crippen molar-refractivity contribution in [2.75, 3.05) is 36.9 Å². The van der Waals surface area contributed by atoms with Crippen molar-refractivity contribution in [3.05, 3.63) is 6.20 Å². The summed E-state index contributed by atoms with van der Waals surface area (Å²) in [6.07, 6.45) is 4.38. The molecule has 3 rings (SSSR count). The maximum absolute atomic E-state index is 5.61. The molecule has 0 amide bonds. The third kappa shape index (κ3) is 3.16. The lowest BCUT2D eigenvalue weighted by molar-refractivity contribution is 0.134. The SMILES string of the molecule is CCNc1nc(NCCOCC2CC2)c2cn[nH]c2n1. The number of nitrogens with zero attached hydrogens (tertiary/aromatic N) is 3. The van der Waals surface area contributed by atoms with Crippen molar-refractivity contribution in [2.45, 2.75) is 19.8 Å². The summed E-state index contributed by atoms with van der Waals surface area (Å²) in [5, 5.41) is 14.2. The molecular weight excluding hydrogens is 256 g/mol. The normalized spacial score (nSPS) is 14.7. The molecule has 0 radical (unpaired) electrons. The van der Waals surface area contributed by atoms with Crippen molar-refractivity contribution in [3.8, 4) is 0 Å². The molecule has 0 aliphatic heterocycles. The van der Waals surface area contributed by atoms with Crippen LogP contribution in [-0.4, -0.2) is 46.5 Å². The van der Waals surface area contributed by atoms with Crippen LogP contribution in [-0.2, 0) is 4.74 Å². The maximum atomic E-state index is 5.61.